The summed E-state index contributed by atoms with van der Waals surface area (Å²) in [6, 6.07) is 15.4. The number of carbonyl (C=O) groups is 1. The molecule has 0 saturated carbocycles. The second-order valence-corrected chi connectivity index (χ2v) is 5.41. The molecule has 6 nitrogen and oxygen atoms in total. The molecule has 0 fully saturated rings. The molecular weight excluding hydrogens is 316 g/mol. The van der Waals surface area contributed by atoms with Crippen LogP contribution >= 0.6 is 0 Å². The molecule has 0 radical (unpaired) electrons. The van der Waals surface area contributed by atoms with Gasteiger partial charge in [-0.15, -0.1) is 0 Å². The van der Waals surface area contributed by atoms with Crippen LogP contribution in [0.4, 0.5) is 0 Å². The Morgan fingerprint density at radius 1 is 1.04 bits per heavy atom. The van der Waals surface area contributed by atoms with Crippen LogP contribution in [0, 0.1) is 0 Å². The molecule has 0 spiro atoms. The summed E-state index contributed by atoms with van der Waals surface area (Å²) in [7, 11) is 5.00. The van der Waals surface area contributed by atoms with Gasteiger partial charge in [0.05, 0.1) is 7.11 Å². The van der Waals surface area contributed by atoms with Crippen molar-refractivity contribution in [1.29, 1.82) is 0 Å². The number of amides is 1. The van der Waals surface area contributed by atoms with Crippen molar-refractivity contribution in [2.75, 3.05) is 21.2 Å². The summed E-state index contributed by atoms with van der Waals surface area (Å²) in [6.07, 6.45) is 0. The second kappa shape index (κ2) is 9.32. The van der Waals surface area contributed by atoms with Gasteiger partial charge in [0.25, 0.3) is 5.91 Å². The van der Waals surface area contributed by atoms with Crippen LogP contribution in [0.3, 0.4) is 0 Å². The first-order valence-electron chi connectivity index (χ1n) is 8.04. The number of benzene rings is 2. The van der Waals surface area contributed by atoms with Gasteiger partial charge in [-0.25, -0.2) is 0 Å². The summed E-state index contributed by atoms with van der Waals surface area (Å²) >= 11 is 0. The molecule has 0 bridgehead atoms. The van der Waals surface area contributed by atoms with Crippen molar-refractivity contribution in [3.05, 3.63) is 65.2 Å². The van der Waals surface area contributed by atoms with Crippen LogP contribution in [-0.4, -0.2) is 33.1 Å². The third-order valence-corrected chi connectivity index (χ3v) is 3.72. The average molecular weight is 340 g/mol. The Hall–Kier alpha value is -3.02. The predicted molar refractivity (Wildman–Crippen MR) is 99.9 cm³/mol. The summed E-state index contributed by atoms with van der Waals surface area (Å²) in [5.74, 6) is 1.44. The number of carbonyl (C=O) groups excluding carboxylic acids is 1. The number of ether oxygens (including phenoxy) is 1. The van der Waals surface area contributed by atoms with Crippen molar-refractivity contribution in [2.45, 2.75) is 13.1 Å². The van der Waals surface area contributed by atoms with E-state index in [0.717, 1.165) is 16.9 Å². The van der Waals surface area contributed by atoms with Gasteiger partial charge in [0.1, 0.15) is 5.75 Å². The summed E-state index contributed by atoms with van der Waals surface area (Å²) in [6.45, 7) is 1.23. The lowest BCUT2D eigenvalue weighted by atomic mass is 10.1. The summed E-state index contributed by atoms with van der Waals surface area (Å²) in [4.78, 5) is 15.9. The van der Waals surface area contributed by atoms with Gasteiger partial charge in [0, 0.05) is 32.7 Å². The van der Waals surface area contributed by atoms with E-state index in [1.807, 2.05) is 42.5 Å². The lowest BCUT2D eigenvalue weighted by Gasteiger charge is -2.13. The zero-order valence-corrected chi connectivity index (χ0v) is 14.8. The van der Waals surface area contributed by atoms with Crippen molar-refractivity contribution in [3.8, 4) is 5.75 Å². The minimum absolute atomic E-state index is 0.0936. The monoisotopic (exact) mass is 340 g/mol. The molecule has 0 atom stereocenters. The van der Waals surface area contributed by atoms with Gasteiger partial charge in [0.2, 0.25) is 0 Å². The molecule has 1 amide bonds. The first-order chi connectivity index (χ1) is 12.2. The zero-order chi connectivity index (χ0) is 18.1. The zero-order valence-electron chi connectivity index (χ0n) is 14.8. The number of hydrogen-bond donors (Lipinski definition) is 3. The van der Waals surface area contributed by atoms with E-state index in [-0.39, 0.29) is 5.91 Å². The van der Waals surface area contributed by atoms with E-state index in [0.29, 0.717) is 24.6 Å². The Balaban J connectivity index is 1.88. The number of guanidine groups is 1. The van der Waals surface area contributed by atoms with E-state index < -0.39 is 0 Å². The van der Waals surface area contributed by atoms with Gasteiger partial charge in [-0.3, -0.25) is 9.79 Å². The topological polar surface area (TPSA) is 74.8 Å². The molecule has 0 aromatic heterocycles. The minimum Gasteiger partial charge on any atom is -0.497 e. The number of aliphatic imine (C=N–C) groups is 1. The van der Waals surface area contributed by atoms with E-state index in [9.17, 15) is 4.79 Å². The van der Waals surface area contributed by atoms with E-state index >= 15 is 0 Å². The van der Waals surface area contributed by atoms with E-state index in [1.54, 1.807) is 27.3 Å². The number of rotatable bonds is 6. The van der Waals surface area contributed by atoms with Gasteiger partial charge in [-0.2, -0.15) is 0 Å². The number of nitrogens with zero attached hydrogens (tertiary/aromatic N) is 1. The minimum atomic E-state index is -0.0936. The van der Waals surface area contributed by atoms with Crippen LogP contribution in [0.5, 0.6) is 5.75 Å². The van der Waals surface area contributed by atoms with Crippen LogP contribution in [0.15, 0.2) is 53.5 Å². The fraction of sp³-hybridized carbons (Fsp3) is 0.263. The van der Waals surface area contributed by atoms with Crippen molar-refractivity contribution >= 4 is 11.9 Å². The average Bonchev–Trinajstić information content (AvgIpc) is 2.68. The molecule has 25 heavy (non-hydrogen) atoms. The largest absolute Gasteiger partial charge is 0.497 e. The number of methoxy groups -OCH3 is 1. The maximum absolute atomic E-state index is 11.7. The first-order valence-corrected chi connectivity index (χ1v) is 8.04. The Kier molecular flexibility index (Phi) is 6.83. The van der Waals surface area contributed by atoms with E-state index in [1.165, 1.54) is 0 Å². The Morgan fingerprint density at radius 2 is 1.72 bits per heavy atom. The highest BCUT2D eigenvalue weighted by Gasteiger charge is 2.04. The van der Waals surface area contributed by atoms with Crippen LogP contribution in [-0.2, 0) is 13.1 Å². The van der Waals surface area contributed by atoms with Crippen molar-refractivity contribution < 1.29 is 9.53 Å². The third kappa shape index (κ3) is 5.53. The highest BCUT2D eigenvalue weighted by atomic mass is 16.5. The van der Waals surface area contributed by atoms with E-state index in [2.05, 4.69) is 20.9 Å². The van der Waals surface area contributed by atoms with Gasteiger partial charge in [-0.05, 0) is 35.4 Å². The van der Waals surface area contributed by atoms with Gasteiger partial charge in [-0.1, -0.05) is 24.3 Å². The first kappa shape index (κ1) is 18.3. The fourth-order valence-corrected chi connectivity index (χ4v) is 2.30. The summed E-state index contributed by atoms with van der Waals surface area (Å²) < 4.78 is 5.15. The summed E-state index contributed by atoms with van der Waals surface area (Å²) in [5, 5.41) is 9.13. The molecule has 0 unspecified atom stereocenters. The van der Waals surface area contributed by atoms with Crippen LogP contribution in [0.2, 0.25) is 0 Å². The number of nitrogens with one attached hydrogen (secondary N) is 3. The molecule has 2 rings (SSSR count). The molecule has 0 heterocycles. The fourth-order valence-electron chi connectivity index (χ4n) is 2.30. The predicted octanol–water partition coefficient (Wildman–Crippen LogP) is 1.92. The molecule has 3 N–H and O–H groups in total. The smallest absolute Gasteiger partial charge is 0.251 e. The van der Waals surface area contributed by atoms with Gasteiger partial charge < -0.3 is 20.7 Å². The highest BCUT2D eigenvalue weighted by molar-refractivity contribution is 5.94. The van der Waals surface area contributed by atoms with Crippen LogP contribution in [0.25, 0.3) is 0 Å². The molecular formula is C19H24N4O2. The SMILES string of the molecule is CN=C(NCc1ccc(OC)cc1)NCc1cccc(C(=O)NC)c1. The lowest BCUT2D eigenvalue weighted by Crippen LogP contribution is -2.36. The molecule has 6 heteroatoms. The lowest BCUT2D eigenvalue weighted by molar-refractivity contribution is 0.0963. The van der Waals surface area contributed by atoms with Crippen LogP contribution in [0.1, 0.15) is 21.5 Å². The standard InChI is InChI=1S/C19H24N4O2/c1-20-18(24)16-6-4-5-15(11-16)13-23-19(21-2)22-12-14-7-9-17(25-3)10-8-14/h4-11H,12-13H2,1-3H3,(H,20,24)(H2,21,22,23). The molecule has 2 aromatic rings. The molecule has 132 valence electrons. The van der Waals surface area contributed by atoms with Crippen LogP contribution < -0.4 is 20.7 Å². The van der Waals surface area contributed by atoms with Crippen molar-refractivity contribution in [3.63, 3.8) is 0 Å². The summed E-state index contributed by atoms with van der Waals surface area (Å²) in [5.41, 5.74) is 2.78. The molecule has 0 aliphatic carbocycles. The van der Waals surface area contributed by atoms with Gasteiger partial charge >= 0.3 is 0 Å². The maximum Gasteiger partial charge on any atom is 0.251 e. The normalized spacial score (nSPS) is 10.9. The molecule has 0 saturated heterocycles. The van der Waals surface area contributed by atoms with Gasteiger partial charge in [0.15, 0.2) is 5.96 Å². The van der Waals surface area contributed by atoms with Crippen molar-refractivity contribution in [1.82, 2.24) is 16.0 Å². The Morgan fingerprint density at radius 3 is 2.32 bits per heavy atom. The van der Waals surface area contributed by atoms with E-state index in [4.69, 9.17) is 4.74 Å². The third-order valence-electron chi connectivity index (χ3n) is 3.72. The van der Waals surface area contributed by atoms with Crippen molar-refractivity contribution in [2.24, 2.45) is 4.99 Å². The Bertz CT molecular complexity index is 726. The molecule has 0 aliphatic heterocycles. The quantitative estimate of drug-likeness (QED) is 0.555. The highest BCUT2D eigenvalue weighted by Crippen LogP contribution is 2.11. The molecule has 2 aromatic carbocycles. The maximum atomic E-state index is 11.7. The Labute approximate surface area is 148 Å². The second-order valence-electron chi connectivity index (χ2n) is 5.41. The number of hydrogen-bond acceptors (Lipinski definition) is 3. The molecule has 0 aliphatic rings.